The Morgan fingerprint density at radius 2 is 2.10 bits per heavy atom. The molecule has 0 fully saturated rings. The molecule has 0 spiro atoms. The molecule has 0 aliphatic heterocycles. The molecule has 116 valence electrons. The molecular weight excluding hydrogens is 300 g/mol. The van der Waals surface area contributed by atoms with E-state index in [4.69, 9.17) is 4.74 Å². The quantitative estimate of drug-likeness (QED) is 0.603. The van der Waals surface area contributed by atoms with Gasteiger partial charge >= 0.3 is 0 Å². The van der Waals surface area contributed by atoms with Gasteiger partial charge in [-0.2, -0.15) is 0 Å². The molecule has 0 saturated carbocycles. The van der Waals surface area contributed by atoms with E-state index in [2.05, 4.69) is 0 Å². The number of nitrogens with one attached hydrogen (secondary N) is 1. The van der Waals surface area contributed by atoms with Gasteiger partial charge in [0.2, 0.25) is 5.91 Å². The van der Waals surface area contributed by atoms with E-state index >= 15 is 0 Å². The second-order valence-electron chi connectivity index (χ2n) is 4.22. The molecule has 0 heterocycles. The maximum Gasteiger partial charge on any atom is 0.293 e. The summed E-state index contributed by atoms with van der Waals surface area (Å²) >= 11 is 0. The van der Waals surface area contributed by atoms with E-state index in [0.717, 1.165) is 18.6 Å². The van der Waals surface area contributed by atoms with Crippen molar-refractivity contribution in [2.75, 3.05) is 7.11 Å². The minimum Gasteiger partial charge on any atom is -0.497 e. The molecule has 8 nitrogen and oxygen atoms in total. The third-order valence-electron chi connectivity index (χ3n) is 2.66. The van der Waals surface area contributed by atoms with Crippen molar-refractivity contribution in [1.29, 1.82) is 0 Å². The number of hydrogen-bond donors (Lipinski definition) is 1. The van der Waals surface area contributed by atoms with Gasteiger partial charge in [-0.05, 0) is 18.6 Å². The van der Waals surface area contributed by atoms with Gasteiger partial charge in [0.05, 0.1) is 18.1 Å². The molecular formula is C12H16N2O6S. The molecule has 1 rings (SSSR count). The highest BCUT2D eigenvalue weighted by Crippen LogP contribution is 2.28. The monoisotopic (exact) mass is 316 g/mol. The van der Waals surface area contributed by atoms with Gasteiger partial charge in [-0.3, -0.25) is 14.9 Å². The molecule has 0 aliphatic carbocycles. The maximum atomic E-state index is 12.1. The lowest BCUT2D eigenvalue weighted by molar-refractivity contribution is -0.387. The number of nitro groups is 1. The summed E-state index contributed by atoms with van der Waals surface area (Å²) in [6.07, 6.45) is 1.31. The summed E-state index contributed by atoms with van der Waals surface area (Å²) in [5.74, 6) is -0.542. The van der Waals surface area contributed by atoms with Crippen LogP contribution in [0, 0.1) is 10.1 Å². The second kappa shape index (κ2) is 7.02. The van der Waals surface area contributed by atoms with Crippen molar-refractivity contribution < 1.29 is 22.9 Å². The third-order valence-corrected chi connectivity index (χ3v) is 4.08. The van der Waals surface area contributed by atoms with Crippen LogP contribution in [0.4, 0.5) is 5.69 Å². The van der Waals surface area contributed by atoms with Crippen molar-refractivity contribution >= 4 is 21.6 Å². The van der Waals surface area contributed by atoms with E-state index in [1.54, 1.807) is 0 Å². The molecule has 0 saturated heterocycles. The fourth-order valence-electron chi connectivity index (χ4n) is 1.59. The zero-order valence-electron chi connectivity index (χ0n) is 11.7. The molecule has 0 aliphatic rings. The number of carbonyl (C=O) groups excluding carboxylic acids is 1. The molecule has 0 bridgehead atoms. The average molecular weight is 316 g/mol. The first-order valence-corrected chi connectivity index (χ1v) is 7.68. The zero-order valence-corrected chi connectivity index (χ0v) is 12.5. The summed E-state index contributed by atoms with van der Waals surface area (Å²) < 4.78 is 30.8. The van der Waals surface area contributed by atoms with Gasteiger partial charge in [-0.15, -0.1) is 0 Å². The number of nitro benzene ring substituents is 1. The van der Waals surface area contributed by atoms with Crippen LogP contribution >= 0.6 is 0 Å². The van der Waals surface area contributed by atoms with Crippen LogP contribution in [0.15, 0.2) is 23.1 Å². The molecule has 1 aromatic carbocycles. The van der Waals surface area contributed by atoms with Crippen molar-refractivity contribution in [3.8, 4) is 5.75 Å². The predicted octanol–water partition coefficient (Wildman–Crippen LogP) is 1.60. The number of amides is 1. The summed E-state index contributed by atoms with van der Waals surface area (Å²) in [5.41, 5.74) is -0.648. The first-order chi connectivity index (χ1) is 9.81. The normalized spacial score (nSPS) is 11.0. The van der Waals surface area contributed by atoms with Gasteiger partial charge in [0, 0.05) is 6.42 Å². The van der Waals surface area contributed by atoms with E-state index in [-0.39, 0.29) is 12.2 Å². The first-order valence-electron chi connectivity index (χ1n) is 6.20. The molecule has 1 amide bonds. The lowest BCUT2D eigenvalue weighted by Crippen LogP contribution is -2.30. The SMILES string of the molecule is CCCCC(=O)NS(=O)(=O)c1ccc(OC)cc1[N+](=O)[O-]. The van der Waals surface area contributed by atoms with Crippen molar-refractivity contribution in [1.82, 2.24) is 4.72 Å². The Kier molecular flexibility index (Phi) is 5.65. The van der Waals surface area contributed by atoms with Gasteiger partial charge < -0.3 is 4.74 Å². The standard InChI is InChI=1S/C12H16N2O6S/c1-3-4-5-12(15)13-21(18,19)11-7-6-9(20-2)8-10(11)14(16)17/h6-8H,3-5H2,1-2H3,(H,13,15). The summed E-state index contributed by atoms with van der Waals surface area (Å²) in [6.45, 7) is 1.86. The summed E-state index contributed by atoms with van der Waals surface area (Å²) in [4.78, 5) is 21.1. The van der Waals surface area contributed by atoms with E-state index in [0.29, 0.717) is 6.42 Å². The Morgan fingerprint density at radius 3 is 2.62 bits per heavy atom. The van der Waals surface area contributed by atoms with Gasteiger partial charge in [0.15, 0.2) is 4.90 Å². The zero-order chi connectivity index (χ0) is 16.0. The molecule has 21 heavy (non-hydrogen) atoms. The van der Waals surface area contributed by atoms with Gasteiger partial charge in [0.25, 0.3) is 15.7 Å². The molecule has 0 unspecified atom stereocenters. The molecule has 1 aromatic rings. The molecule has 0 aromatic heterocycles. The molecule has 9 heteroatoms. The number of hydrogen-bond acceptors (Lipinski definition) is 6. The predicted molar refractivity (Wildman–Crippen MR) is 74.5 cm³/mol. The summed E-state index contributed by atoms with van der Waals surface area (Å²) in [7, 11) is -2.98. The van der Waals surface area contributed by atoms with Crippen LogP contribution < -0.4 is 9.46 Å². The number of carbonyl (C=O) groups is 1. The van der Waals surface area contributed by atoms with E-state index < -0.39 is 31.4 Å². The summed E-state index contributed by atoms with van der Waals surface area (Å²) in [6, 6.07) is 3.30. The van der Waals surface area contributed by atoms with Crippen molar-refractivity contribution in [2.45, 2.75) is 31.1 Å². The Hall–Kier alpha value is -2.16. The fraction of sp³-hybridized carbons (Fsp3) is 0.417. The van der Waals surface area contributed by atoms with Crippen LogP contribution in [0.25, 0.3) is 0 Å². The number of benzene rings is 1. The summed E-state index contributed by atoms with van der Waals surface area (Å²) in [5, 5.41) is 11.0. The van der Waals surface area contributed by atoms with Gasteiger partial charge in [-0.25, -0.2) is 13.1 Å². The number of methoxy groups -OCH3 is 1. The lowest BCUT2D eigenvalue weighted by Gasteiger charge is -2.08. The van der Waals surface area contributed by atoms with Crippen LogP contribution in [0.1, 0.15) is 26.2 Å². The Balaban J connectivity index is 3.13. The Labute approximate surface area is 122 Å². The molecule has 1 N–H and O–H groups in total. The number of nitrogens with zero attached hydrogens (tertiary/aromatic N) is 1. The highest BCUT2D eigenvalue weighted by atomic mass is 32.2. The van der Waals surface area contributed by atoms with E-state index in [1.807, 2.05) is 11.6 Å². The van der Waals surface area contributed by atoms with Gasteiger partial charge in [-0.1, -0.05) is 13.3 Å². The van der Waals surface area contributed by atoms with Crippen molar-refractivity contribution in [3.63, 3.8) is 0 Å². The van der Waals surface area contributed by atoms with Crippen molar-refractivity contribution in [3.05, 3.63) is 28.3 Å². The van der Waals surface area contributed by atoms with Gasteiger partial charge in [0.1, 0.15) is 5.75 Å². The highest BCUT2D eigenvalue weighted by molar-refractivity contribution is 7.90. The smallest absolute Gasteiger partial charge is 0.293 e. The van der Waals surface area contributed by atoms with E-state index in [1.165, 1.54) is 13.2 Å². The van der Waals surface area contributed by atoms with Crippen LogP contribution in [-0.2, 0) is 14.8 Å². The van der Waals surface area contributed by atoms with Crippen LogP contribution in [0.5, 0.6) is 5.75 Å². The third kappa shape index (κ3) is 4.42. The number of rotatable bonds is 7. The van der Waals surface area contributed by atoms with Crippen molar-refractivity contribution in [2.24, 2.45) is 0 Å². The van der Waals surface area contributed by atoms with E-state index in [9.17, 15) is 23.3 Å². The molecule has 0 atom stereocenters. The average Bonchev–Trinajstić information content (AvgIpc) is 2.43. The number of unbranched alkanes of at least 4 members (excludes halogenated alkanes) is 1. The highest BCUT2D eigenvalue weighted by Gasteiger charge is 2.27. The van der Waals surface area contributed by atoms with Crippen LogP contribution in [0.2, 0.25) is 0 Å². The first kappa shape index (κ1) is 16.9. The largest absolute Gasteiger partial charge is 0.497 e. The topological polar surface area (TPSA) is 116 Å². The minimum atomic E-state index is -4.29. The number of ether oxygens (including phenoxy) is 1. The van der Waals surface area contributed by atoms with Crippen LogP contribution in [-0.4, -0.2) is 26.4 Å². The Morgan fingerprint density at radius 1 is 1.43 bits per heavy atom. The second-order valence-corrected chi connectivity index (χ2v) is 5.87. The minimum absolute atomic E-state index is 0.0414. The maximum absolute atomic E-state index is 12.1. The Bertz CT molecular complexity index is 641. The lowest BCUT2D eigenvalue weighted by atomic mass is 10.2. The fourth-order valence-corrected chi connectivity index (χ4v) is 2.76. The number of sulfonamides is 1. The molecule has 0 radical (unpaired) electrons. The van der Waals surface area contributed by atoms with Crippen LogP contribution in [0.3, 0.4) is 0 Å².